The number of nitrogens with zero attached hydrogens (tertiary/aromatic N) is 1. The first-order valence-corrected chi connectivity index (χ1v) is 21.1. The molecule has 0 fully saturated rings. The summed E-state index contributed by atoms with van der Waals surface area (Å²) >= 11 is 0. The molecule has 3 unspecified atom stereocenters. The molecule has 0 saturated heterocycles. The van der Waals surface area contributed by atoms with Crippen molar-refractivity contribution in [3.8, 4) is 0 Å². The van der Waals surface area contributed by atoms with Gasteiger partial charge in [-0.3, -0.25) is 13.8 Å². The Bertz CT molecular complexity index is 789. The lowest BCUT2D eigenvalue weighted by atomic mass is 10.0. The molecule has 0 aliphatic carbocycles. The van der Waals surface area contributed by atoms with Crippen LogP contribution in [0.25, 0.3) is 0 Å². The number of allylic oxidation sites excluding steroid dienone is 1. The normalized spacial score (nSPS) is 14.8. The van der Waals surface area contributed by atoms with Crippen molar-refractivity contribution < 1.29 is 32.9 Å². The maximum absolute atomic E-state index is 12.3. The van der Waals surface area contributed by atoms with Crippen molar-refractivity contribution in [1.29, 1.82) is 0 Å². The Morgan fingerprint density at radius 3 is 1.55 bits per heavy atom. The van der Waals surface area contributed by atoms with Crippen LogP contribution in [-0.2, 0) is 18.4 Å². The summed E-state index contributed by atoms with van der Waals surface area (Å²) in [5.74, 6) is -0.212. The summed E-state index contributed by atoms with van der Waals surface area (Å²) in [5, 5.41) is 13.5. The van der Waals surface area contributed by atoms with Gasteiger partial charge in [0.1, 0.15) is 13.2 Å². The SMILES string of the molecule is CCCCCCCCCCCCCCCCCCCCCCC/C=C/C(O)C(COP(=O)(O)OCC[N+](C)(C)C)NC(=O)CCCC. The Kier molecular flexibility index (Phi) is 30.7. The van der Waals surface area contributed by atoms with Gasteiger partial charge >= 0.3 is 7.82 Å². The molecule has 280 valence electrons. The first kappa shape index (κ1) is 46.2. The van der Waals surface area contributed by atoms with Crippen LogP contribution in [0.15, 0.2) is 12.2 Å². The van der Waals surface area contributed by atoms with Crippen molar-refractivity contribution in [3.05, 3.63) is 12.2 Å². The van der Waals surface area contributed by atoms with Gasteiger partial charge in [-0.25, -0.2) is 4.57 Å². The Hall–Kier alpha value is -0.760. The largest absolute Gasteiger partial charge is 0.472 e. The third kappa shape index (κ3) is 33.5. The number of amides is 1. The molecule has 0 saturated carbocycles. The van der Waals surface area contributed by atoms with Crippen LogP contribution in [0.4, 0.5) is 0 Å². The number of unbranched alkanes of at least 4 members (excludes halogenated alkanes) is 22. The van der Waals surface area contributed by atoms with Gasteiger partial charge < -0.3 is 19.8 Å². The van der Waals surface area contributed by atoms with Crippen molar-refractivity contribution in [1.82, 2.24) is 5.32 Å². The van der Waals surface area contributed by atoms with Gasteiger partial charge in [0.15, 0.2) is 0 Å². The van der Waals surface area contributed by atoms with Crippen LogP contribution in [-0.4, -0.2) is 73.4 Å². The summed E-state index contributed by atoms with van der Waals surface area (Å²) in [7, 11) is 1.57. The maximum Gasteiger partial charge on any atom is 0.472 e. The minimum atomic E-state index is -4.30. The number of rotatable bonds is 35. The summed E-state index contributed by atoms with van der Waals surface area (Å²) in [6.45, 7) is 4.57. The van der Waals surface area contributed by atoms with Crippen LogP contribution in [0.2, 0.25) is 0 Å². The molecule has 9 heteroatoms. The van der Waals surface area contributed by atoms with E-state index in [1.165, 1.54) is 122 Å². The fraction of sp³-hybridized carbons (Fsp3) is 0.921. The second-order valence-electron chi connectivity index (χ2n) is 14.7. The Morgan fingerprint density at radius 2 is 1.13 bits per heavy atom. The van der Waals surface area contributed by atoms with Gasteiger partial charge in [-0.2, -0.15) is 0 Å². The average molecular weight is 690 g/mol. The number of phosphoric acid groups is 1. The van der Waals surface area contributed by atoms with Gasteiger partial charge in [0, 0.05) is 6.42 Å². The number of carbonyl (C=O) groups is 1. The predicted molar refractivity (Wildman–Crippen MR) is 198 cm³/mol. The van der Waals surface area contributed by atoms with Gasteiger partial charge in [-0.15, -0.1) is 0 Å². The van der Waals surface area contributed by atoms with E-state index < -0.39 is 20.0 Å². The number of nitrogens with one attached hydrogen (secondary N) is 1. The highest BCUT2D eigenvalue weighted by atomic mass is 31.2. The molecule has 0 aromatic rings. The standard InChI is InChI=1S/C38H77N2O6P/c1-6-8-10-11-12-13-14-15-16-17-18-19-20-21-22-23-24-25-26-27-28-29-30-31-37(41)36(39-38(42)32-9-7-2)35-46-47(43,44)45-34-33-40(3,4)5/h30-31,36-37,41H,6-29,32-35H2,1-5H3,(H-,39,42,43,44)/p+1/b31-30+. The molecular weight excluding hydrogens is 611 g/mol. The zero-order valence-corrected chi connectivity index (χ0v) is 32.4. The van der Waals surface area contributed by atoms with Crippen LogP contribution >= 0.6 is 7.82 Å². The van der Waals surface area contributed by atoms with Crippen molar-refractivity contribution in [2.24, 2.45) is 0 Å². The molecule has 0 radical (unpaired) electrons. The zero-order chi connectivity index (χ0) is 35.1. The summed E-state index contributed by atoms with van der Waals surface area (Å²) in [6, 6.07) is -0.835. The number of hydrogen-bond acceptors (Lipinski definition) is 5. The Labute approximate surface area is 291 Å². The molecule has 0 aromatic heterocycles. The minimum Gasteiger partial charge on any atom is -0.387 e. The van der Waals surface area contributed by atoms with Gasteiger partial charge in [-0.05, 0) is 19.3 Å². The molecule has 0 aliphatic rings. The lowest BCUT2D eigenvalue weighted by molar-refractivity contribution is -0.870. The van der Waals surface area contributed by atoms with Crippen LogP contribution in [0.5, 0.6) is 0 Å². The summed E-state index contributed by atoms with van der Waals surface area (Å²) < 4.78 is 23.2. The fourth-order valence-electron chi connectivity index (χ4n) is 5.55. The van der Waals surface area contributed by atoms with Gasteiger partial charge in [-0.1, -0.05) is 161 Å². The molecule has 0 spiro atoms. The van der Waals surface area contributed by atoms with Gasteiger partial charge in [0.05, 0.1) is 39.9 Å². The smallest absolute Gasteiger partial charge is 0.387 e. The van der Waals surface area contributed by atoms with Gasteiger partial charge in [0.2, 0.25) is 5.91 Å². The van der Waals surface area contributed by atoms with E-state index in [4.69, 9.17) is 9.05 Å². The molecule has 0 rings (SSSR count). The molecule has 3 atom stereocenters. The van der Waals surface area contributed by atoms with E-state index in [1.54, 1.807) is 6.08 Å². The number of aliphatic hydroxyl groups excluding tert-OH is 1. The number of carbonyl (C=O) groups excluding carboxylic acids is 1. The topological polar surface area (TPSA) is 105 Å². The molecule has 0 aromatic carbocycles. The van der Waals surface area contributed by atoms with Crippen molar-refractivity contribution in [2.75, 3.05) is 40.9 Å². The third-order valence-electron chi connectivity index (χ3n) is 8.76. The van der Waals surface area contributed by atoms with E-state index >= 15 is 0 Å². The second-order valence-corrected chi connectivity index (χ2v) is 16.1. The molecule has 0 heterocycles. The number of hydrogen-bond donors (Lipinski definition) is 3. The molecule has 3 N–H and O–H groups in total. The quantitative estimate of drug-likeness (QED) is 0.0265. The van der Waals surface area contributed by atoms with Gasteiger partial charge in [0.25, 0.3) is 0 Å². The molecule has 0 bridgehead atoms. The molecular formula is C38H78N2O6P+. The van der Waals surface area contributed by atoms with Crippen LogP contribution in [0.1, 0.15) is 174 Å². The Morgan fingerprint density at radius 1 is 0.702 bits per heavy atom. The van der Waals surface area contributed by atoms with Crippen LogP contribution in [0.3, 0.4) is 0 Å². The van der Waals surface area contributed by atoms with E-state index in [-0.39, 0.29) is 19.1 Å². The Balaban J connectivity index is 3.98. The zero-order valence-electron chi connectivity index (χ0n) is 31.5. The van der Waals surface area contributed by atoms with E-state index in [9.17, 15) is 19.4 Å². The van der Waals surface area contributed by atoms with Crippen molar-refractivity contribution in [2.45, 2.75) is 187 Å². The van der Waals surface area contributed by atoms with Crippen LogP contribution in [0, 0.1) is 0 Å². The average Bonchev–Trinajstić information content (AvgIpc) is 3.01. The maximum atomic E-state index is 12.3. The predicted octanol–water partition coefficient (Wildman–Crippen LogP) is 10.0. The summed E-state index contributed by atoms with van der Waals surface area (Å²) in [6.07, 6.45) is 34.0. The highest BCUT2D eigenvalue weighted by Crippen LogP contribution is 2.43. The highest BCUT2D eigenvalue weighted by molar-refractivity contribution is 7.47. The lowest BCUT2D eigenvalue weighted by Crippen LogP contribution is -2.45. The monoisotopic (exact) mass is 690 g/mol. The van der Waals surface area contributed by atoms with E-state index in [0.717, 1.165) is 32.1 Å². The highest BCUT2D eigenvalue weighted by Gasteiger charge is 2.27. The molecule has 1 amide bonds. The van der Waals surface area contributed by atoms with Crippen LogP contribution < -0.4 is 5.32 Å². The second kappa shape index (κ2) is 31.2. The first-order valence-electron chi connectivity index (χ1n) is 19.6. The number of likely N-dealkylation sites (N-methyl/N-ethyl adjacent to an activating group) is 1. The van der Waals surface area contributed by atoms with Crippen molar-refractivity contribution >= 4 is 13.7 Å². The fourth-order valence-corrected chi connectivity index (χ4v) is 6.28. The van der Waals surface area contributed by atoms with E-state index in [1.807, 2.05) is 34.1 Å². The molecule has 8 nitrogen and oxygen atoms in total. The van der Waals surface area contributed by atoms with E-state index in [2.05, 4.69) is 12.2 Å². The third-order valence-corrected chi connectivity index (χ3v) is 9.74. The van der Waals surface area contributed by atoms with Crippen molar-refractivity contribution in [3.63, 3.8) is 0 Å². The first-order chi connectivity index (χ1) is 22.5. The molecule has 47 heavy (non-hydrogen) atoms. The molecule has 0 aliphatic heterocycles. The minimum absolute atomic E-state index is 0.0623. The number of phosphoric ester groups is 1. The summed E-state index contributed by atoms with van der Waals surface area (Å²) in [5.41, 5.74) is 0. The van der Waals surface area contributed by atoms with E-state index in [0.29, 0.717) is 17.4 Å². The number of quaternary nitrogens is 1. The summed E-state index contributed by atoms with van der Waals surface area (Å²) in [4.78, 5) is 22.4. The lowest BCUT2D eigenvalue weighted by Gasteiger charge is -2.25. The number of aliphatic hydroxyl groups is 1.